The summed E-state index contributed by atoms with van der Waals surface area (Å²) in [6, 6.07) is 3.81. The highest BCUT2D eigenvalue weighted by atomic mass is 16.3. The second-order valence-electron chi connectivity index (χ2n) is 12.3. The number of hydrogen-bond donors (Lipinski definition) is 2. The normalized spacial score (nSPS) is 12.4. The van der Waals surface area contributed by atoms with E-state index in [1.807, 2.05) is 12.1 Å². The summed E-state index contributed by atoms with van der Waals surface area (Å²) in [6.07, 6.45) is 9.86. The number of pyridine rings is 1. The second-order valence-corrected chi connectivity index (χ2v) is 12.3. The van der Waals surface area contributed by atoms with Crippen LogP contribution in [0.1, 0.15) is 82.6 Å². The molecule has 0 bridgehead atoms. The van der Waals surface area contributed by atoms with Crippen LogP contribution in [0.4, 0.5) is 5.69 Å². The Kier molecular flexibility index (Phi) is 7.76. The van der Waals surface area contributed by atoms with Gasteiger partial charge in [-0.2, -0.15) is 5.10 Å². The maximum absolute atomic E-state index is 13.1. The van der Waals surface area contributed by atoms with E-state index in [1.165, 1.54) is 6.20 Å². The fraction of sp³-hybridized carbons (Fsp3) is 0.500. The summed E-state index contributed by atoms with van der Waals surface area (Å²) in [4.78, 5) is 30.1. The summed E-state index contributed by atoms with van der Waals surface area (Å²) < 4.78 is 7.16. The Bertz CT molecular complexity index is 1210. The summed E-state index contributed by atoms with van der Waals surface area (Å²) in [7, 11) is 0. The molecule has 36 heavy (non-hydrogen) atoms. The molecule has 3 heterocycles. The summed E-state index contributed by atoms with van der Waals surface area (Å²) in [5.41, 5.74) is 2.30. The van der Waals surface area contributed by atoms with Crippen LogP contribution in [-0.2, 0) is 29.7 Å². The highest BCUT2D eigenvalue weighted by molar-refractivity contribution is 6.04. The van der Waals surface area contributed by atoms with Crippen molar-refractivity contribution in [1.29, 1.82) is 0 Å². The number of carbonyl (C=O) groups is 2. The van der Waals surface area contributed by atoms with E-state index in [-0.39, 0.29) is 22.6 Å². The number of carbonyl (C=O) groups excluding carboxylic acids is 2. The van der Waals surface area contributed by atoms with E-state index >= 15 is 0 Å². The number of aromatic nitrogens is 3. The highest BCUT2D eigenvalue weighted by Crippen LogP contribution is 2.25. The maximum atomic E-state index is 13.1. The monoisotopic (exact) mass is 493 g/mol. The molecule has 3 aromatic rings. The number of nitrogens with zero attached hydrogens (tertiary/aromatic N) is 3. The molecule has 3 rings (SSSR count). The van der Waals surface area contributed by atoms with Crippen LogP contribution in [0.25, 0.3) is 0 Å². The molecule has 194 valence electrons. The minimum Gasteiger partial charge on any atom is -0.467 e. The molecule has 2 N–H and O–H groups in total. The predicted octanol–water partition coefficient (Wildman–Crippen LogP) is 5.35. The van der Waals surface area contributed by atoms with E-state index in [9.17, 15) is 9.59 Å². The molecule has 0 fully saturated rings. The summed E-state index contributed by atoms with van der Waals surface area (Å²) >= 11 is 0. The molecule has 0 aromatic carbocycles. The van der Waals surface area contributed by atoms with Gasteiger partial charge in [0, 0.05) is 18.6 Å². The van der Waals surface area contributed by atoms with Crippen LogP contribution in [0.15, 0.2) is 47.6 Å². The summed E-state index contributed by atoms with van der Waals surface area (Å²) in [6.45, 7) is 16.8. The molecule has 8 nitrogen and oxygen atoms in total. The molecule has 0 saturated carbocycles. The van der Waals surface area contributed by atoms with Crippen LogP contribution in [0.5, 0.6) is 0 Å². The zero-order valence-electron chi connectivity index (χ0n) is 22.7. The fourth-order valence-electron chi connectivity index (χ4n) is 3.95. The van der Waals surface area contributed by atoms with Gasteiger partial charge in [-0.15, -0.1) is 0 Å². The van der Waals surface area contributed by atoms with Crippen LogP contribution in [0, 0.1) is 10.8 Å². The third-order valence-electron chi connectivity index (χ3n) is 5.73. The minimum atomic E-state index is -0.978. The van der Waals surface area contributed by atoms with Crippen molar-refractivity contribution in [2.24, 2.45) is 10.8 Å². The van der Waals surface area contributed by atoms with Crippen molar-refractivity contribution >= 4 is 17.5 Å². The molecule has 0 aliphatic rings. The lowest BCUT2D eigenvalue weighted by Gasteiger charge is -2.24. The Morgan fingerprint density at radius 2 is 1.67 bits per heavy atom. The van der Waals surface area contributed by atoms with Crippen LogP contribution in [0.2, 0.25) is 0 Å². The minimum absolute atomic E-state index is 0.0924. The number of nitrogens with one attached hydrogen (secondary N) is 2. The van der Waals surface area contributed by atoms with E-state index in [4.69, 9.17) is 4.42 Å². The van der Waals surface area contributed by atoms with Crippen LogP contribution in [-0.4, -0.2) is 26.6 Å². The molecule has 0 spiro atoms. The first kappa shape index (κ1) is 27.2. The molecular weight excluding hydrogens is 454 g/mol. The van der Waals surface area contributed by atoms with Gasteiger partial charge in [0.2, 0.25) is 5.91 Å². The third-order valence-corrected chi connectivity index (χ3v) is 5.73. The van der Waals surface area contributed by atoms with Gasteiger partial charge in [0.15, 0.2) is 0 Å². The fourth-order valence-corrected chi connectivity index (χ4v) is 3.95. The van der Waals surface area contributed by atoms with E-state index in [0.717, 1.165) is 29.7 Å². The second kappa shape index (κ2) is 10.3. The first-order chi connectivity index (χ1) is 16.6. The molecule has 0 aliphatic heterocycles. The van der Waals surface area contributed by atoms with Crippen molar-refractivity contribution in [2.75, 3.05) is 5.32 Å². The number of amides is 2. The number of rotatable bonds is 8. The van der Waals surface area contributed by atoms with Crippen molar-refractivity contribution < 1.29 is 14.0 Å². The first-order valence-electron chi connectivity index (χ1n) is 12.3. The quantitative estimate of drug-likeness (QED) is 0.440. The lowest BCUT2D eigenvalue weighted by Crippen LogP contribution is -2.44. The standard InChI is InChI=1S/C28H39N5O3/c1-26(2,3)12-19-11-21(15-29-14-19)24(34)32-22-16-31-33(18-22)28(7,8)25(35)30-17-23-20(9-10-36-23)13-27(4,5)6/h9-11,14-16,18H,12-13,17H2,1-8H3,(H,30,35)(H,32,34). The SMILES string of the molecule is CC(C)(C)Cc1cncc(C(=O)Nc2cnn(C(C)(C)C(=O)NCc3occc3CC(C)(C)C)c2)c1. The van der Waals surface area contributed by atoms with E-state index in [1.54, 1.807) is 43.4 Å². The Balaban J connectivity index is 1.64. The van der Waals surface area contributed by atoms with Gasteiger partial charge in [-0.05, 0) is 60.8 Å². The third kappa shape index (κ3) is 7.29. The molecule has 3 aromatic heterocycles. The van der Waals surface area contributed by atoms with Crippen molar-refractivity contribution in [3.63, 3.8) is 0 Å². The molecule has 0 atom stereocenters. The summed E-state index contributed by atoms with van der Waals surface area (Å²) in [5.74, 6) is 0.273. The van der Waals surface area contributed by atoms with Crippen LogP contribution < -0.4 is 10.6 Å². The Morgan fingerprint density at radius 1 is 0.972 bits per heavy atom. The van der Waals surface area contributed by atoms with Crippen LogP contribution >= 0.6 is 0 Å². The van der Waals surface area contributed by atoms with Gasteiger partial charge in [0.1, 0.15) is 11.3 Å². The van der Waals surface area contributed by atoms with E-state index < -0.39 is 5.54 Å². The molecular formula is C28H39N5O3. The maximum Gasteiger partial charge on any atom is 0.257 e. The molecule has 2 amide bonds. The molecule has 0 saturated heterocycles. The van der Waals surface area contributed by atoms with Gasteiger partial charge in [0.05, 0.1) is 30.3 Å². The van der Waals surface area contributed by atoms with Gasteiger partial charge in [-0.25, -0.2) is 0 Å². The molecule has 0 unspecified atom stereocenters. The van der Waals surface area contributed by atoms with Crippen molar-refractivity contribution in [1.82, 2.24) is 20.1 Å². The Morgan fingerprint density at radius 3 is 2.33 bits per heavy atom. The van der Waals surface area contributed by atoms with Crippen LogP contribution in [0.3, 0.4) is 0 Å². The smallest absolute Gasteiger partial charge is 0.257 e. The van der Waals surface area contributed by atoms with Gasteiger partial charge in [-0.1, -0.05) is 41.5 Å². The number of furan rings is 1. The van der Waals surface area contributed by atoms with Gasteiger partial charge < -0.3 is 15.1 Å². The largest absolute Gasteiger partial charge is 0.467 e. The zero-order chi connectivity index (χ0) is 26.7. The van der Waals surface area contributed by atoms with E-state index in [0.29, 0.717) is 17.8 Å². The van der Waals surface area contributed by atoms with E-state index in [2.05, 4.69) is 62.3 Å². The van der Waals surface area contributed by atoms with Crippen molar-refractivity contribution in [3.8, 4) is 0 Å². The first-order valence-corrected chi connectivity index (χ1v) is 12.3. The Hall–Kier alpha value is -3.42. The van der Waals surface area contributed by atoms with Gasteiger partial charge in [-0.3, -0.25) is 19.3 Å². The summed E-state index contributed by atoms with van der Waals surface area (Å²) in [5, 5.41) is 10.2. The molecule has 8 heteroatoms. The molecule has 0 radical (unpaired) electrons. The topological polar surface area (TPSA) is 102 Å². The van der Waals surface area contributed by atoms with Crippen molar-refractivity contribution in [3.05, 3.63) is 65.6 Å². The predicted molar refractivity (Wildman–Crippen MR) is 141 cm³/mol. The van der Waals surface area contributed by atoms with Gasteiger partial charge in [0.25, 0.3) is 5.91 Å². The number of hydrogen-bond acceptors (Lipinski definition) is 5. The van der Waals surface area contributed by atoms with Crippen molar-refractivity contribution in [2.45, 2.75) is 80.3 Å². The highest BCUT2D eigenvalue weighted by Gasteiger charge is 2.31. The zero-order valence-corrected chi connectivity index (χ0v) is 22.7. The van der Waals surface area contributed by atoms with Gasteiger partial charge >= 0.3 is 0 Å². The Labute approximate surface area is 213 Å². The lowest BCUT2D eigenvalue weighted by molar-refractivity contribution is -0.129. The lowest BCUT2D eigenvalue weighted by atomic mass is 9.88. The number of anilines is 1. The average Bonchev–Trinajstić information content (AvgIpc) is 3.39. The molecule has 0 aliphatic carbocycles. The average molecular weight is 494 g/mol.